The second-order valence-electron chi connectivity index (χ2n) is 6.81. The minimum absolute atomic E-state index is 0.0468. The minimum atomic E-state index is -1.05. The zero-order valence-electron chi connectivity index (χ0n) is 17.1. The Bertz CT molecular complexity index is 1010. The van der Waals surface area contributed by atoms with Gasteiger partial charge in [0.1, 0.15) is 5.75 Å². The van der Waals surface area contributed by atoms with Gasteiger partial charge in [-0.1, -0.05) is 6.08 Å². The highest BCUT2D eigenvalue weighted by molar-refractivity contribution is 14.1. The van der Waals surface area contributed by atoms with Gasteiger partial charge in [0.05, 0.1) is 6.10 Å². The van der Waals surface area contributed by atoms with Crippen molar-refractivity contribution in [2.24, 2.45) is 0 Å². The summed E-state index contributed by atoms with van der Waals surface area (Å²) in [5.74, 6) is -0.00594. The maximum Gasteiger partial charge on any atom is 0.412 e. The fraction of sp³-hybridized carbons (Fsp3) is 0.273. The SMILES string of the molecule is CO[C@@H](CC/C=C/C(=O)O)[C@@H](OC(=O)Nc1ccc2c(c1)OCO2)c1cc(I)ccc1O. The van der Waals surface area contributed by atoms with Crippen molar-refractivity contribution in [1.29, 1.82) is 0 Å². The summed E-state index contributed by atoms with van der Waals surface area (Å²) in [4.78, 5) is 23.4. The number of phenolic OH excluding ortho intramolecular Hbond substituents is 1. The number of hydrogen-bond donors (Lipinski definition) is 3. The van der Waals surface area contributed by atoms with Gasteiger partial charge in [-0.05, 0) is 65.8 Å². The summed E-state index contributed by atoms with van der Waals surface area (Å²) >= 11 is 2.09. The van der Waals surface area contributed by atoms with Crippen molar-refractivity contribution in [3.05, 3.63) is 57.7 Å². The summed E-state index contributed by atoms with van der Waals surface area (Å²) < 4.78 is 22.6. The number of anilines is 1. The summed E-state index contributed by atoms with van der Waals surface area (Å²) in [6, 6.07) is 9.88. The minimum Gasteiger partial charge on any atom is -0.508 e. The molecular formula is C22H22INO8. The molecule has 0 spiro atoms. The number of ether oxygens (including phenoxy) is 4. The van der Waals surface area contributed by atoms with Crippen molar-refractivity contribution < 1.29 is 38.7 Å². The van der Waals surface area contributed by atoms with Crippen LogP contribution in [0.3, 0.4) is 0 Å². The molecule has 0 aromatic heterocycles. The second kappa shape index (κ2) is 11.0. The summed E-state index contributed by atoms with van der Waals surface area (Å²) in [5, 5.41) is 21.8. The number of amides is 1. The van der Waals surface area contributed by atoms with Crippen molar-refractivity contribution >= 4 is 40.3 Å². The predicted octanol–water partition coefficient (Wildman–Crippen LogP) is 4.45. The van der Waals surface area contributed by atoms with Crippen LogP contribution in [0.15, 0.2) is 48.6 Å². The molecule has 0 radical (unpaired) electrons. The van der Waals surface area contributed by atoms with Crippen LogP contribution in [-0.4, -0.2) is 42.3 Å². The predicted molar refractivity (Wildman–Crippen MR) is 123 cm³/mol. The summed E-state index contributed by atoms with van der Waals surface area (Å²) in [6.45, 7) is 0.114. The molecule has 0 aliphatic carbocycles. The Kier molecular flexibility index (Phi) is 8.17. The van der Waals surface area contributed by atoms with Gasteiger partial charge in [-0.25, -0.2) is 9.59 Å². The molecule has 3 rings (SSSR count). The van der Waals surface area contributed by atoms with Crippen LogP contribution < -0.4 is 14.8 Å². The van der Waals surface area contributed by atoms with Crippen molar-refractivity contribution in [2.75, 3.05) is 19.2 Å². The van der Waals surface area contributed by atoms with E-state index in [9.17, 15) is 14.7 Å². The number of benzene rings is 2. The number of carbonyl (C=O) groups excluding carboxylic acids is 1. The molecule has 0 saturated carbocycles. The van der Waals surface area contributed by atoms with E-state index in [0.717, 1.165) is 9.65 Å². The van der Waals surface area contributed by atoms with Crippen LogP contribution in [0, 0.1) is 3.57 Å². The van der Waals surface area contributed by atoms with Crippen molar-refractivity contribution in [1.82, 2.24) is 0 Å². The van der Waals surface area contributed by atoms with Crippen LogP contribution in [-0.2, 0) is 14.3 Å². The molecule has 2 aromatic rings. The molecule has 2 atom stereocenters. The molecule has 0 saturated heterocycles. The lowest BCUT2D eigenvalue weighted by molar-refractivity contribution is -0.131. The van der Waals surface area contributed by atoms with Gasteiger partial charge in [-0.15, -0.1) is 0 Å². The van der Waals surface area contributed by atoms with E-state index in [-0.39, 0.29) is 12.5 Å². The molecule has 0 unspecified atom stereocenters. The van der Waals surface area contributed by atoms with E-state index in [4.69, 9.17) is 24.1 Å². The maximum atomic E-state index is 12.7. The number of allylic oxidation sites excluding steroid dienone is 1. The number of halogens is 1. The Balaban J connectivity index is 1.78. The van der Waals surface area contributed by atoms with Gasteiger partial charge in [0, 0.05) is 34.1 Å². The third-order valence-corrected chi connectivity index (χ3v) is 5.34. The molecule has 1 amide bonds. The second-order valence-corrected chi connectivity index (χ2v) is 8.06. The number of aliphatic carboxylic acids is 1. The number of phenols is 1. The van der Waals surface area contributed by atoms with E-state index in [1.165, 1.54) is 19.3 Å². The van der Waals surface area contributed by atoms with Crippen LogP contribution in [0.25, 0.3) is 0 Å². The standard InChI is InChI=1S/C22H22INO8/c1-29-18(4-2-3-5-20(26)27)21(15-10-13(23)6-8-16(15)25)32-22(28)24-14-7-9-17-19(11-14)31-12-30-17/h3,5-11,18,21,25H,2,4,12H2,1H3,(H,24,28)(H,26,27)/b5-3+/t18-,21-/m0/s1. The summed E-state index contributed by atoms with van der Waals surface area (Å²) in [6.07, 6.45) is 0.925. The molecular weight excluding hydrogens is 533 g/mol. The Hall–Kier alpha value is -2.99. The quantitative estimate of drug-likeness (QED) is 0.307. The van der Waals surface area contributed by atoms with Crippen molar-refractivity contribution in [3.8, 4) is 17.2 Å². The molecule has 32 heavy (non-hydrogen) atoms. The monoisotopic (exact) mass is 555 g/mol. The molecule has 2 aromatic carbocycles. The van der Waals surface area contributed by atoms with Crippen LogP contribution in [0.4, 0.5) is 10.5 Å². The van der Waals surface area contributed by atoms with Crippen molar-refractivity contribution in [3.63, 3.8) is 0 Å². The number of aromatic hydroxyl groups is 1. The van der Waals surface area contributed by atoms with Gasteiger partial charge >= 0.3 is 12.1 Å². The lowest BCUT2D eigenvalue weighted by Crippen LogP contribution is -2.28. The van der Waals surface area contributed by atoms with E-state index < -0.39 is 24.3 Å². The highest BCUT2D eigenvalue weighted by Gasteiger charge is 2.29. The van der Waals surface area contributed by atoms with Gasteiger partial charge in [-0.3, -0.25) is 5.32 Å². The number of fused-ring (bicyclic) bond motifs is 1. The molecule has 0 bridgehead atoms. The van der Waals surface area contributed by atoms with Gasteiger partial charge in [0.25, 0.3) is 0 Å². The zero-order chi connectivity index (χ0) is 23.1. The highest BCUT2D eigenvalue weighted by atomic mass is 127. The lowest BCUT2D eigenvalue weighted by atomic mass is 9.99. The van der Waals surface area contributed by atoms with Gasteiger partial charge in [0.2, 0.25) is 6.79 Å². The average molecular weight is 555 g/mol. The molecule has 1 aliphatic rings. The third kappa shape index (κ3) is 6.26. The van der Waals surface area contributed by atoms with Crippen LogP contribution in [0.1, 0.15) is 24.5 Å². The highest BCUT2D eigenvalue weighted by Crippen LogP contribution is 2.36. The zero-order valence-corrected chi connectivity index (χ0v) is 19.3. The van der Waals surface area contributed by atoms with E-state index in [2.05, 4.69) is 27.9 Å². The number of carboxylic acid groups (broad SMARTS) is 1. The maximum absolute atomic E-state index is 12.7. The Morgan fingerprint density at radius 2 is 2.00 bits per heavy atom. The number of carbonyl (C=O) groups is 2. The summed E-state index contributed by atoms with van der Waals surface area (Å²) in [7, 11) is 1.46. The molecule has 9 nitrogen and oxygen atoms in total. The van der Waals surface area contributed by atoms with Crippen LogP contribution >= 0.6 is 22.6 Å². The molecule has 1 aliphatic heterocycles. The molecule has 0 fully saturated rings. The van der Waals surface area contributed by atoms with E-state index in [1.807, 2.05) is 0 Å². The number of rotatable bonds is 9. The van der Waals surface area contributed by atoms with E-state index in [0.29, 0.717) is 35.6 Å². The number of hydrogen-bond acceptors (Lipinski definition) is 7. The topological polar surface area (TPSA) is 124 Å². The largest absolute Gasteiger partial charge is 0.508 e. The Labute approximate surface area is 198 Å². The number of methoxy groups -OCH3 is 1. The third-order valence-electron chi connectivity index (χ3n) is 4.67. The Morgan fingerprint density at radius 1 is 1.22 bits per heavy atom. The van der Waals surface area contributed by atoms with Crippen LogP contribution in [0.2, 0.25) is 0 Å². The normalized spacial score (nSPS) is 14.2. The fourth-order valence-electron chi connectivity index (χ4n) is 3.17. The van der Waals surface area contributed by atoms with Crippen molar-refractivity contribution in [2.45, 2.75) is 25.0 Å². The van der Waals surface area contributed by atoms with E-state index in [1.54, 1.807) is 30.3 Å². The summed E-state index contributed by atoms with van der Waals surface area (Å²) in [5.41, 5.74) is 0.829. The van der Waals surface area contributed by atoms with E-state index >= 15 is 0 Å². The first kappa shape index (κ1) is 23.7. The fourth-order valence-corrected chi connectivity index (χ4v) is 3.68. The smallest absolute Gasteiger partial charge is 0.412 e. The van der Waals surface area contributed by atoms with Gasteiger partial charge < -0.3 is 29.2 Å². The first-order valence-corrected chi connectivity index (χ1v) is 10.7. The molecule has 10 heteroatoms. The lowest BCUT2D eigenvalue weighted by Gasteiger charge is -2.27. The van der Waals surface area contributed by atoms with Gasteiger partial charge in [0.15, 0.2) is 17.6 Å². The van der Waals surface area contributed by atoms with Gasteiger partial charge in [-0.2, -0.15) is 0 Å². The number of nitrogens with one attached hydrogen (secondary N) is 1. The number of carboxylic acids is 1. The first-order valence-electron chi connectivity index (χ1n) is 9.65. The molecule has 170 valence electrons. The molecule has 3 N–H and O–H groups in total. The molecule has 1 heterocycles. The van der Waals surface area contributed by atoms with Crippen LogP contribution in [0.5, 0.6) is 17.2 Å². The first-order chi connectivity index (χ1) is 15.4. The average Bonchev–Trinajstić information content (AvgIpc) is 3.22. The Morgan fingerprint density at radius 3 is 2.75 bits per heavy atom.